The van der Waals surface area contributed by atoms with E-state index in [1.807, 2.05) is 0 Å². The minimum Gasteiger partial charge on any atom is -0.480 e. The van der Waals surface area contributed by atoms with Crippen LogP contribution in [0.2, 0.25) is 0 Å². The first-order valence-electron chi connectivity index (χ1n) is 4.74. The number of carbonyl (C=O) groups is 2. The lowest BCUT2D eigenvalue weighted by Crippen LogP contribution is -2.41. The minimum atomic E-state index is -1.05. The summed E-state index contributed by atoms with van der Waals surface area (Å²) in [5, 5.41) is 10.9. The first-order valence-corrected chi connectivity index (χ1v) is 4.74. The second-order valence-corrected chi connectivity index (χ2v) is 3.68. The molecule has 0 bridgehead atoms. The molecular formula is C10H17NO5. The van der Waals surface area contributed by atoms with Gasteiger partial charge in [-0.05, 0) is 13.8 Å². The van der Waals surface area contributed by atoms with E-state index in [-0.39, 0.29) is 13.2 Å². The largest absolute Gasteiger partial charge is 0.480 e. The third-order valence-electron chi connectivity index (χ3n) is 1.58. The lowest BCUT2D eigenvalue weighted by molar-refractivity contribution is -0.147. The Hall–Kier alpha value is -1.56. The van der Waals surface area contributed by atoms with Gasteiger partial charge in [-0.3, -0.25) is 0 Å². The number of carboxylic acid groups (broad SMARTS) is 1. The molecule has 0 saturated heterocycles. The van der Waals surface area contributed by atoms with Crippen molar-refractivity contribution < 1.29 is 24.2 Å². The van der Waals surface area contributed by atoms with E-state index in [1.165, 1.54) is 6.08 Å². The van der Waals surface area contributed by atoms with Gasteiger partial charge in [-0.15, -0.1) is 0 Å². The third kappa shape index (κ3) is 7.81. The molecule has 6 heteroatoms. The molecule has 0 fully saturated rings. The van der Waals surface area contributed by atoms with Crippen molar-refractivity contribution in [2.24, 2.45) is 0 Å². The molecule has 1 amide bonds. The van der Waals surface area contributed by atoms with Gasteiger partial charge >= 0.3 is 12.1 Å². The van der Waals surface area contributed by atoms with Crippen LogP contribution >= 0.6 is 0 Å². The van der Waals surface area contributed by atoms with E-state index in [9.17, 15) is 9.59 Å². The van der Waals surface area contributed by atoms with Crippen molar-refractivity contribution >= 4 is 12.1 Å². The molecule has 0 saturated carbocycles. The number of hydrogen-bond acceptors (Lipinski definition) is 4. The Balaban J connectivity index is 3.83. The third-order valence-corrected chi connectivity index (χ3v) is 1.58. The van der Waals surface area contributed by atoms with Gasteiger partial charge < -0.3 is 19.9 Å². The van der Waals surface area contributed by atoms with E-state index in [0.717, 1.165) is 0 Å². The predicted molar refractivity (Wildman–Crippen MR) is 57.2 cm³/mol. The van der Waals surface area contributed by atoms with Crippen molar-refractivity contribution in [3.8, 4) is 0 Å². The van der Waals surface area contributed by atoms with Crippen LogP contribution in [0.25, 0.3) is 0 Å². The van der Waals surface area contributed by atoms with Gasteiger partial charge in [-0.2, -0.15) is 0 Å². The van der Waals surface area contributed by atoms with Crippen LogP contribution in [0.15, 0.2) is 12.7 Å². The molecule has 0 rings (SSSR count). The highest BCUT2D eigenvalue weighted by atomic mass is 16.5. The summed E-state index contributed by atoms with van der Waals surface area (Å²) in [6.45, 7) is 6.62. The molecule has 0 aliphatic heterocycles. The number of alkyl carbamates (subject to hydrolysis) is 1. The fourth-order valence-electron chi connectivity index (χ4n) is 0.779. The summed E-state index contributed by atoms with van der Waals surface area (Å²) in [7, 11) is 0. The Kier molecular flexibility index (Phi) is 6.17. The number of carboxylic acids is 1. The van der Waals surface area contributed by atoms with Gasteiger partial charge in [-0.1, -0.05) is 12.7 Å². The summed E-state index contributed by atoms with van der Waals surface area (Å²) in [6.07, 6.45) is 0.859. The summed E-state index contributed by atoms with van der Waals surface area (Å²) >= 11 is 0. The number of amides is 1. The standard InChI is InChI=1S/C10H17NO5/c1-4-5-15-9(14)11-7-10(2,3)16-6-8(12)13/h4H,1,5-7H2,2-3H3,(H,11,14)(H,12,13). The van der Waals surface area contributed by atoms with Gasteiger partial charge in [0.25, 0.3) is 0 Å². The molecule has 0 aromatic rings. The number of rotatable bonds is 7. The smallest absolute Gasteiger partial charge is 0.407 e. The first-order chi connectivity index (χ1) is 7.37. The molecule has 0 aliphatic rings. The van der Waals surface area contributed by atoms with Crippen LogP contribution in [0.1, 0.15) is 13.8 Å². The van der Waals surface area contributed by atoms with Crippen LogP contribution in [-0.2, 0) is 14.3 Å². The zero-order chi connectivity index (χ0) is 12.6. The molecule has 0 heterocycles. The zero-order valence-electron chi connectivity index (χ0n) is 9.49. The van der Waals surface area contributed by atoms with Crippen LogP contribution in [0.4, 0.5) is 4.79 Å². The predicted octanol–water partition coefficient (Wildman–Crippen LogP) is 0.778. The number of nitrogens with one attached hydrogen (secondary N) is 1. The molecule has 0 radical (unpaired) electrons. The highest BCUT2D eigenvalue weighted by Crippen LogP contribution is 2.06. The SMILES string of the molecule is C=CCOC(=O)NCC(C)(C)OCC(=O)O. The van der Waals surface area contributed by atoms with Gasteiger partial charge in [0.15, 0.2) is 0 Å². The van der Waals surface area contributed by atoms with E-state index < -0.39 is 24.3 Å². The van der Waals surface area contributed by atoms with Crippen molar-refractivity contribution in [2.45, 2.75) is 19.4 Å². The molecule has 0 unspecified atom stereocenters. The maximum Gasteiger partial charge on any atom is 0.407 e. The van der Waals surface area contributed by atoms with E-state index in [4.69, 9.17) is 9.84 Å². The summed E-state index contributed by atoms with van der Waals surface area (Å²) in [5.41, 5.74) is -0.758. The van der Waals surface area contributed by atoms with E-state index in [1.54, 1.807) is 13.8 Å². The molecule has 0 atom stereocenters. The quantitative estimate of drug-likeness (QED) is 0.632. The van der Waals surface area contributed by atoms with Gasteiger partial charge in [0.05, 0.1) is 5.60 Å². The summed E-state index contributed by atoms with van der Waals surface area (Å²) < 4.78 is 9.73. The number of carbonyl (C=O) groups excluding carboxylic acids is 1. The molecule has 16 heavy (non-hydrogen) atoms. The van der Waals surface area contributed by atoms with Crippen molar-refractivity contribution in [2.75, 3.05) is 19.8 Å². The molecule has 0 aliphatic carbocycles. The van der Waals surface area contributed by atoms with Crippen LogP contribution in [0.3, 0.4) is 0 Å². The highest BCUT2D eigenvalue weighted by molar-refractivity contribution is 5.68. The van der Waals surface area contributed by atoms with Crippen LogP contribution in [0, 0.1) is 0 Å². The Morgan fingerprint density at radius 2 is 2.12 bits per heavy atom. The minimum absolute atomic E-state index is 0.127. The topological polar surface area (TPSA) is 84.9 Å². The second kappa shape index (κ2) is 6.84. The van der Waals surface area contributed by atoms with Crippen molar-refractivity contribution in [1.29, 1.82) is 0 Å². The van der Waals surface area contributed by atoms with Gasteiger partial charge in [0.2, 0.25) is 0 Å². The van der Waals surface area contributed by atoms with Gasteiger partial charge in [-0.25, -0.2) is 9.59 Å². The first kappa shape index (κ1) is 14.4. The molecule has 92 valence electrons. The molecule has 2 N–H and O–H groups in total. The Bertz CT molecular complexity index is 262. The Morgan fingerprint density at radius 3 is 2.62 bits per heavy atom. The summed E-state index contributed by atoms with van der Waals surface area (Å²) in [6, 6.07) is 0. The van der Waals surface area contributed by atoms with E-state index in [2.05, 4.69) is 16.6 Å². The summed E-state index contributed by atoms with van der Waals surface area (Å²) in [4.78, 5) is 21.3. The monoisotopic (exact) mass is 231 g/mol. The fourth-order valence-corrected chi connectivity index (χ4v) is 0.779. The number of aliphatic carboxylic acids is 1. The van der Waals surface area contributed by atoms with Gasteiger partial charge in [0, 0.05) is 6.54 Å². The van der Waals surface area contributed by atoms with Crippen LogP contribution in [0.5, 0.6) is 0 Å². The zero-order valence-corrected chi connectivity index (χ0v) is 9.49. The maximum absolute atomic E-state index is 11.0. The Morgan fingerprint density at radius 1 is 1.50 bits per heavy atom. The van der Waals surface area contributed by atoms with Crippen molar-refractivity contribution in [1.82, 2.24) is 5.32 Å². The lowest BCUT2D eigenvalue weighted by atomic mass is 10.1. The van der Waals surface area contributed by atoms with Crippen molar-refractivity contribution in [3.05, 3.63) is 12.7 Å². The average Bonchev–Trinajstić information content (AvgIpc) is 2.21. The van der Waals surface area contributed by atoms with Crippen molar-refractivity contribution in [3.63, 3.8) is 0 Å². The normalized spacial score (nSPS) is 10.6. The van der Waals surface area contributed by atoms with E-state index in [0.29, 0.717) is 0 Å². The molecule has 6 nitrogen and oxygen atoms in total. The lowest BCUT2D eigenvalue weighted by Gasteiger charge is -2.24. The highest BCUT2D eigenvalue weighted by Gasteiger charge is 2.20. The molecular weight excluding hydrogens is 214 g/mol. The average molecular weight is 231 g/mol. The molecule has 0 aromatic heterocycles. The van der Waals surface area contributed by atoms with E-state index >= 15 is 0 Å². The van der Waals surface area contributed by atoms with Crippen LogP contribution in [-0.4, -0.2) is 42.5 Å². The maximum atomic E-state index is 11.0. The number of hydrogen-bond donors (Lipinski definition) is 2. The van der Waals surface area contributed by atoms with Gasteiger partial charge in [0.1, 0.15) is 13.2 Å². The summed E-state index contributed by atoms with van der Waals surface area (Å²) in [5.74, 6) is -1.05. The fraction of sp³-hybridized carbons (Fsp3) is 0.600. The van der Waals surface area contributed by atoms with Crippen LogP contribution < -0.4 is 5.32 Å². The second-order valence-electron chi connectivity index (χ2n) is 3.68. The molecule has 0 aromatic carbocycles. The number of ether oxygens (including phenoxy) is 2. The molecule has 0 spiro atoms. The Labute approximate surface area is 94.2 Å².